The van der Waals surface area contributed by atoms with Gasteiger partial charge in [-0.05, 0) is 45.7 Å². The fraction of sp³-hybridized carbons (Fsp3) is 0.714. The molecular formula is C14H23N3O. The lowest BCUT2D eigenvalue weighted by Crippen LogP contribution is -2.30. The van der Waals surface area contributed by atoms with Crippen molar-refractivity contribution in [1.82, 2.24) is 14.9 Å². The number of aromatic nitrogens is 2. The zero-order valence-corrected chi connectivity index (χ0v) is 11.4. The van der Waals surface area contributed by atoms with E-state index in [9.17, 15) is 4.79 Å². The van der Waals surface area contributed by atoms with E-state index in [2.05, 4.69) is 10.3 Å². The second-order valence-electron chi connectivity index (χ2n) is 5.26. The molecule has 4 heteroatoms. The summed E-state index contributed by atoms with van der Waals surface area (Å²) in [6, 6.07) is 2.67. The number of rotatable bonds is 5. The van der Waals surface area contributed by atoms with Crippen LogP contribution in [0.5, 0.6) is 0 Å². The summed E-state index contributed by atoms with van der Waals surface area (Å²) in [5, 5.41) is 3.57. The molecule has 0 spiro atoms. The van der Waals surface area contributed by atoms with Crippen LogP contribution in [0.4, 0.5) is 0 Å². The van der Waals surface area contributed by atoms with Crippen molar-refractivity contribution in [3.05, 3.63) is 27.9 Å². The molecule has 0 atom stereocenters. The van der Waals surface area contributed by atoms with Crippen LogP contribution in [0.15, 0.2) is 10.9 Å². The number of nitrogens with one attached hydrogen (secondary N) is 1. The van der Waals surface area contributed by atoms with Crippen molar-refractivity contribution in [2.45, 2.75) is 58.5 Å². The zero-order chi connectivity index (χ0) is 13.0. The highest BCUT2D eigenvalue weighted by atomic mass is 16.1. The largest absolute Gasteiger partial charge is 0.347 e. The number of hydrogen-bond donors (Lipinski definition) is 1. The second-order valence-corrected chi connectivity index (χ2v) is 5.26. The Kier molecular flexibility index (Phi) is 4.53. The van der Waals surface area contributed by atoms with Crippen LogP contribution in [-0.4, -0.2) is 22.1 Å². The van der Waals surface area contributed by atoms with Gasteiger partial charge in [-0.3, -0.25) is 4.57 Å². The Balaban J connectivity index is 1.81. The van der Waals surface area contributed by atoms with Gasteiger partial charge in [0.2, 0.25) is 0 Å². The molecule has 1 aromatic heterocycles. The van der Waals surface area contributed by atoms with Gasteiger partial charge in [0.05, 0.1) is 0 Å². The highest BCUT2D eigenvalue weighted by Crippen LogP contribution is 2.17. The maximum atomic E-state index is 11.7. The van der Waals surface area contributed by atoms with E-state index in [1.165, 1.54) is 25.7 Å². The summed E-state index contributed by atoms with van der Waals surface area (Å²) < 4.78 is 1.77. The van der Waals surface area contributed by atoms with Crippen molar-refractivity contribution >= 4 is 0 Å². The summed E-state index contributed by atoms with van der Waals surface area (Å²) in [5.74, 6) is 0. The highest BCUT2D eigenvalue weighted by Gasteiger charge is 2.13. The van der Waals surface area contributed by atoms with E-state index >= 15 is 0 Å². The van der Waals surface area contributed by atoms with Crippen LogP contribution in [-0.2, 0) is 6.54 Å². The number of aryl methyl sites for hydroxylation is 2. The minimum absolute atomic E-state index is 0.117. The van der Waals surface area contributed by atoms with E-state index in [1.54, 1.807) is 4.57 Å². The highest BCUT2D eigenvalue weighted by molar-refractivity contribution is 5.06. The molecule has 100 valence electrons. The minimum atomic E-state index is -0.117. The fourth-order valence-corrected chi connectivity index (χ4v) is 2.72. The topological polar surface area (TPSA) is 46.9 Å². The second kappa shape index (κ2) is 6.14. The van der Waals surface area contributed by atoms with Crippen LogP contribution < -0.4 is 11.0 Å². The first-order valence-corrected chi connectivity index (χ1v) is 6.95. The van der Waals surface area contributed by atoms with Crippen LogP contribution in [0.2, 0.25) is 0 Å². The summed E-state index contributed by atoms with van der Waals surface area (Å²) in [6.07, 6.45) is 6.33. The Morgan fingerprint density at radius 1 is 1.39 bits per heavy atom. The van der Waals surface area contributed by atoms with Crippen molar-refractivity contribution in [3.8, 4) is 0 Å². The molecule has 1 N–H and O–H groups in total. The molecule has 0 radical (unpaired) electrons. The van der Waals surface area contributed by atoms with Gasteiger partial charge >= 0.3 is 5.69 Å². The molecule has 1 fully saturated rings. The zero-order valence-electron chi connectivity index (χ0n) is 11.4. The van der Waals surface area contributed by atoms with Gasteiger partial charge in [-0.15, -0.1) is 0 Å². The lowest BCUT2D eigenvalue weighted by atomic mass is 10.2. The first-order valence-electron chi connectivity index (χ1n) is 6.95. The minimum Gasteiger partial charge on any atom is -0.314 e. The molecule has 1 heterocycles. The van der Waals surface area contributed by atoms with Crippen molar-refractivity contribution in [2.75, 3.05) is 6.54 Å². The molecule has 2 rings (SSSR count). The SMILES string of the molecule is Cc1cc(C)n(CCCNC2CCCC2)c(=O)n1. The predicted molar refractivity (Wildman–Crippen MR) is 72.8 cm³/mol. The molecule has 0 bridgehead atoms. The fourth-order valence-electron chi connectivity index (χ4n) is 2.72. The van der Waals surface area contributed by atoms with Crippen LogP contribution in [0.3, 0.4) is 0 Å². The van der Waals surface area contributed by atoms with Gasteiger partial charge in [-0.25, -0.2) is 4.79 Å². The van der Waals surface area contributed by atoms with Gasteiger partial charge in [0.15, 0.2) is 0 Å². The third kappa shape index (κ3) is 3.42. The molecule has 0 aromatic carbocycles. The molecular weight excluding hydrogens is 226 g/mol. The first-order chi connectivity index (χ1) is 8.66. The van der Waals surface area contributed by atoms with E-state index in [-0.39, 0.29) is 5.69 Å². The van der Waals surface area contributed by atoms with Crippen LogP contribution in [0, 0.1) is 13.8 Å². The molecule has 4 nitrogen and oxygen atoms in total. The third-order valence-electron chi connectivity index (χ3n) is 3.69. The van der Waals surface area contributed by atoms with E-state index < -0.39 is 0 Å². The van der Waals surface area contributed by atoms with E-state index in [1.807, 2.05) is 19.9 Å². The van der Waals surface area contributed by atoms with Gasteiger partial charge in [0, 0.05) is 24.0 Å². The van der Waals surface area contributed by atoms with Crippen LogP contribution >= 0.6 is 0 Å². The van der Waals surface area contributed by atoms with Gasteiger partial charge in [-0.2, -0.15) is 4.98 Å². The standard InChI is InChI=1S/C14H23N3O/c1-11-10-12(2)17(14(18)16-11)9-5-8-15-13-6-3-4-7-13/h10,13,15H,3-9H2,1-2H3. The lowest BCUT2D eigenvalue weighted by molar-refractivity contribution is 0.486. The Labute approximate surface area is 108 Å². The molecule has 0 amide bonds. The molecule has 1 saturated carbocycles. The summed E-state index contributed by atoms with van der Waals surface area (Å²) in [6.45, 7) is 5.59. The molecule has 18 heavy (non-hydrogen) atoms. The summed E-state index contributed by atoms with van der Waals surface area (Å²) in [5.41, 5.74) is 1.69. The quantitative estimate of drug-likeness (QED) is 0.809. The Hall–Kier alpha value is -1.16. The maximum Gasteiger partial charge on any atom is 0.347 e. The van der Waals surface area contributed by atoms with Crippen molar-refractivity contribution in [3.63, 3.8) is 0 Å². The molecule has 0 unspecified atom stereocenters. The smallest absolute Gasteiger partial charge is 0.314 e. The van der Waals surface area contributed by atoms with Gasteiger partial charge < -0.3 is 5.32 Å². The van der Waals surface area contributed by atoms with Gasteiger partial charge in [0.25, 0.3) is 0 Å². The van der Waals surface area contributed by atoms with Crippen molar-refractivity contribution < 1.29 is 0 Å². The average Bonchev–Trinajstić information content (AvgIpc) is 2.79. The monoisotopic (exact) mass is 249 g/mol. The number of hydrogen-bond acceptors (Lipinski definition) is 3. The summed E-state index contributed by atoms with van der Waals surface area (Å²) in [7, 11) is 0. The van der Waals surface area contributed by atoms with Crippen molar-refractivity contribution in [2.24, 2.45) is 0 Å². The lowest BCUT2D eigenvalue weighted by Gasteiger charge is -2.13. The van der Waals surface area contributed by atoms with E-state index in [0.29, 0.717) is 6.04 Å². The molecule has 1 aliphatic carbocycles. The van der Waals surface area contributed by atoms with Crippen LogP contribution in [0.25, 0.3) is 0 Å². The molecule has 1 aromatic rings. The summed E-state index contributed by atoms with van der Waals surface area (Å²) in [4.78, 5) is 15.7. The average molecular weight is 249 g/mol. The van der Waals surface area contributed by atoms with Gasteiger partial charge in [0.1, 0.15) is 0 Å². The Morgan fingerprint density at radius 3 is 2.78 bits per heavy atom. The first kappa shape index (κ1) is 13.3. The predicted octanol–water partition coefficient (Wildman–Crippen LogP) is 1.78. The van der Waals surface area contributed by atoms with Crippen molar-refractivity contribution in [1.29, 1.82) is 0 Å². The maximum absolute atomic E-state index is 11.7. The van der Waals surface area contributed by atoms with Gasteiger partial charge in [-0.1, -0.05) is 12.8 Å². The molecule has 0 aliphatic heterocycles. The molecule has 0 saturated heterocycles. The van der Waals surface area contributed by atoms with E-state index in [0.717, 1.165) is 30.9 Å². The normalized spacial score (nSPS) is 16.3. The summed E-state index contributed by atoms with van der Waals surface area (Å²) >= 11 is 0. The Morgan fingerprint density at radius 2 is 2.11 bits per heavy atom. The Bertz CT molecular complexity index is 447. The van der Waals surface area contributed by atoms with Crippen LogP contribution in [0.1, 0.15) is 43.5 Å². The third-order valence-corrected chi connectivity index (χ3v) is 3.69. The van der Waals surface area contributed by atoms with E-state index in [4.69, 9.17) is 0 Å². The molecule has 1 aliphatic rings. The number of nitrogens with zero attached hydrogens (tertiary/aromatic N) is 2.